The number of anilines is 1. The molecular weight excluding hydrogens is 286 g/mol. The van der Waals surface area contributed by atoms with Gasteiger partial charge in [0.1, 0.15) is 4.88 Å². The zero-order valence-corrected chi connectivity index (χ0v) is 12.6. The number of nitrogens with zero attached hydrogens (tertiary/aromatic N) is 1. The van der Waals surface area contributed by atoms with E-state index in [2.05, 4.69) is 0 Å². The Morgan fingerprint density at radius 1 is 1.38 bits per heavy atom. The number of thiophene rings is 1. The largest absolute Gasteiger partial charge is 0.397 e. The third-order valence-corrected chi connectivity index (χ3v) is 5.11. The van der Waals surface area contributed by atoms with Crippen LogP contribution in [0.5, 0.6) is 0 Å². The fourth-order valence-corrected chi connectivity index (χ4v) is 3.89. The van der Waals surface area contributed by atoms with Gasteiger partial charge in [-0.25, -0.2) is 0 Å². The maximum absolute atomic E-state index is 12.6. The standard InChI is InChI=1S/C15H17N3O2S/c1-8-2-3-10-11(6-8)21-13(12(10)16)15(20)18-5-4-9(7-18)14(17)19/h2-3,6,9H,4-5,7,16H2,1H3,(H2,17,19). The molecule has 0 saturated carbocycles. The first kappa shape index (κ1) is 13.9. The van der Waals surface area contributed by atoms with E-state index in [-0.39, 0.29) is 17.7 Å². The van der Waals surface area contributed by atoms with Crippen LogP contribution in [-0.2, 0) is 4.79 Å². The fraction of sp³-hybridized carbons (Fsp3) is 0.333. The third-order valence-electron chi connectivity index (χ3n) is 3.96. The molecule has 1 fully saturated rings. The summed E-state index contributed by atoms with van der Waals surface area (Å²) in [6, 6.07) is 5.96. The van der Waals surface area contributed by atoms with Crippen molar-refractivity contribution >= 4 is 38.9 Å². The highest BCUT2D eigenvalue weighted by Gasteiger charge is 2.31. The molecule has 0 bridgehead atoms. The molecule has 5 nitrogen and oxygen atoms in total. The predicted molar refractivity (Wildman–Crippen MR) is 84.2 cm³/mol. The molecule has 1 aliphatic heterocycles. The van der Waals surface area contributed by atoms with Crippen molar-refractivity contribution in [2.45, 2.75) is 13.3 Å². The van der Waals surface area contributed by atoms with E-state index in [0.717, 1.165) is 15.6 Å². The van der Waals surface area contributed by atoms with Gasteiger partial charge in [-0.3, -0.25) is 9.59 Å². The summed E-state index contributed by atoms with van der Waals surface area (Å²) in [6.07, 6.45) is 0.630. The van der Waals surface area contributed by atoms with E-state index in [1.807, 2.05) is 25.1 Å². The third kappa shape index (κ3) is 2.35. The number of hydrogen-bond acceptors (Lipinski definition) is 4. The summed E-state index contributed by atoms with van der Waals surface area (Å²) < 4.78 is 1.02. The van der Waals surface area contributed by atoms with Crippen molar-refractivity contribution in [1.82, 2.24) is 4.90 Å². The van der Waals surface area contributed by atoms with Crippen LogP contribution in [0.25, 0.3) is 10.1 Å². The second-order valence-corrected chi connectivity index (χ2v) is 6.54. The van der Waals surface area contributed by atoms with Crippen LogP contribution in [0.15, 0.2) is 18.2 Å². The number of amides is 2. The van der Waals surface area contributed by atoms with E-state index in [0.29, 0.717) is 30.1 Å². The number of fused-ring (bicyclic) bond motifs is 1. The molecular formula is C15H17N3O2S. The number of hydrogen-bond donors (Lipinski definition) is 2. The molecule has 1 atom stereocenters. The fourth-order valence-electron chi connectivity index (χ4n) is 2.70. The Hall–Kier alpha value is -2.08. The molecule has 2 aromatic rings. The van der Waals surface area contributed by atoms with E-state index in [4.69, 9.17) is 11.5 Å². The van der Waals surface area contributed by atoms with Gasteiger partial charge in [0.15, 0.2) is 0 Å². The first-order chi connectivity index (χ1) is 9.97. The number of carbonyl (C=O) groups is 2. The Morgan fingerprint density at radius 2 is 2.14 bits per heavy atom. The number of nitrogens with two attached hydrogens (primary N) is 2. The van der Waals surface area contributed by atoms with E-state index in [1.165, 1.54) is 11.3 Å². The van der Waals surface area contributed by atoms with Gasteiger partial charge >= 0.3 is 0 Å². The summed E-state index contributed by atoms with van der Waals surface area (Å²) >= 11 is 1.41. The van der Waals surface area contributed by atoms with Gasteiger partial charge in [-0.1, -0.05) is 12.1 Å². The number of carbonyl (C=O) groups excluding carboxylic acids is 2. The van der Waals surface area contributed by atoms with Crippen molar-refractivity contribution in [2.24, 2.45) is 11.7 Å². The summed E-state index contributed by atoms with van der Waals surface area (Å²) in [5.74, 6) is -0.688. The quantitative estimate of drug-likeness (QED) is 0.885. The molecule has 3 rings (SSSR count). The average Bonchev–Trinajstić information content (AvgIpc) is 3.03. The summed E-state index contributed by atoms with van der Waals surface area (Å²) in [7, 11) is 0. The van der Waals surface area contributed by atoms with Crippen LogP contribution < -0.4 is 11.5 Å². The van der Waals surface area contributed by atoms with Crippen molar-refractivity contribution in [2.75, 3.05) is 18.8 Å². The second kappa shape index (κ2) is 5.04. The van der Waals surface area contributed by atoms with Gasteiger partial charge in [0, 0.05) is 23.2 Å². The van der Waals surface area contributed by atoms with Crippen LogP contribution in [0.4, 0.5) is 5.69 Å². The lowest BCUT2D eigenvalue weighted by molar-refractivity contribution is -0.121. The van der Waals surface area contributed by atoms with Gasteiger partial charge in [-0.05, 0) is 25.0 Å². The summed E-state index contributed by atoms with van der Waals surface area (Å²) in [4.78, 5) is 26.0. The highest BCUT2D eigenvalue weighted by molar-refractivity contribution is 7.21. The van der Waals surface area contributed by atoms with E-state index >= 15 is 0 Å². The lowest BCUT2D eigenvalue weighted by Gasteiger charge is -2.15. The Morgan fingerprint density at radius 3 is 2.81 bits per heavy atom. The number of nitrogen functional groups attached to an aromatic ring is 1. The van der Waals surface area contributed by atoms with Gasteiger partial charge in [0.25, 0.3) is 5.91 Å². The van der Waals surface area contributed by atoms with Crippen molar-refractivity contribution < 1.29 is 9.59 Å². The number of primary amides is 1. The Kier molecular flexibility index (Phi) is 3.33. The molecule has 1 aromatic carbocycles. The molecule has 110 valence electrons. The number of benzene rings is 1. The maximum atomic E-state index is 12.6. The van der Waals surface area contributed by atoms with E-state index < -0.39 is 0 Å². The van der Waals surface area contributed by atoms with Crippen LogP contribution in [0.1, 0.15) is 21.7 Å². The molecule has 0 aliphatic carbocycles. The van der Waals surface area contributed by atoms with Gasteiger partial charge in [-0.2, -0.15) is 0 Å². The zero-order valence-electron chi connectivity index (χ0n) is 11.8. The van der Waals surface area contributed by atoms with Crippen molar-refractivity contribution in [3.8, 4) is 0 Å². The van der Waals surface area contributed by atoms with Gasteiger partial charge in [0.05, 0.1) is 11.6 Å². The first-order valence-corrected chi connectivity index (χ1v) is 7.66. The van der Waals surface area contributed by atoms with Crippen molar-refractivity contribution in [3.63, 3.8) is 0 Å². The molecule has 0 spiro atoms. The van der Waals surface area contributed by atoms with Crippen molar-refractivity contribution in [3.05, 3.63) is 28.6 Å². The molecule has 0 radical (unpaired) electrons. The Labute approximate surface area is 126 Å². The monoisotopic (exact) mass is 303 g/mol. The summed E-state index contributed by atoms with van der Waals surface area (Å²) in [5.41, 5.74) is 13.1. The first-order valence-electron chi connectivity index (χ1n) is 6.84. The number of rotatable bonds is 2. The average molecular weight is 303 g/mol. The van der Waals surface area contributed by atoms with Crippen molar-refractivity contribution in [1.29, 1.82) is 0 Å². The number of likely N-dealkylation sites (tertiary alicyclic amines) is 1. The van der Waals surface area contributed by atoms with Crippen LogP contribution >= 0.6 is 11.3 Å². The molecule has 1 unspecified atom stereocenters. The van der Waals surface area contributed by atoms with Crippen LogP contribution in [0, 0.1) is 12.8 Å². The topological polar surface area (TPSA) is 89.4 Å². The van der Waals surface area contributed by atoms with E-state index in [9.17, 15) is 9.59 Å². The minimum absolute atomic E-state index is 0.102. The lowest BCUT2D eigenvalue weighted by atomic mass is 10.1. The molecule has 2 heterocycles. The maximum Gasteiger partial charge on any atom is 0.266 e. The van der Waals surface area contributed by atoms with Crippen LogP contribution in [0.3, 0.4) is 0 Å². The number of aryl methyl sites for hydroxylation is 1. The SMILES string of the molecule is Cc1ccc2c(N)c(C(=O)N3CCC(C(N)=O)C3)sc2c1. The van der Waals surface area contributed by atoms with Gasteiger partial charge in [-0.15, -0.1) is 11.3 Å². The van der Waals surface area contributed by atoms with Crippen LogP contribution in [0.2, 0.25) is 0 Å². The van der Waals surface area contributed by atoms with Gasteiger partial charge < -0.3 is 16.4 Å². The lowest BCUT2D eigenvalue weighted by Crippen LogP contribution is -2.31. The minimum atomic E-state index is -0.342. The summed E-state index contributed by atoms with van der Waals surface area (Å²) in [6.45, 7) is 2.95. The second-order valence-electron chi connectivity index (χ2n) is 5.48. The predicted octanol–water partition coefficient (Wildman–Crippen LogP) is 1.74. The molecule has 1 saturated heterocycles. The molecule has 1 aromatic heterocycles. The Bertz CT molecular complexity index is 738. The highest BCUT2D eigenvalue weighted by Crippen LogP contribution is 2.35. The van der Waals surface area contributed by atoms with E-state index in [1.54, 1.807) is 4.90 Å². The Balaban J connectivity index is 1.92. The molecule has 2 amide bonds. The molecule has 4 N–H and O–H groups in total. The zero-order chi connectivity index (χ0) is 15.1. The highest BCUT2D eigenvalue weighted by atomic mass is 32.1. The molecule has 1 aliphatic rings. The molecule has 21 heavy (non-hydrogen) atoms. The molecule has 6 heteroatoms. The minimum Gasteiger partial charge on any atom is -0.397 e. The summed E-state index contributed by atoms with van der Waals surface area (Å²) in [5, 5.41) is 0.916. The van der Waals surface area contributed by atoms with Crippen LogP contribution in [-0.4, -0.2) is 29.8 Å². The normalized spacial score (nSPS) is 18.3. The van der Waals surface area contributed by atoms with Gasteiger partial charge in [0.2, 0.25) is 5.91 Å². The smallest absolute Gasteiger partial charge is 0.266 e.